The molecule has 1 N–H and O–H groups in total. The van der Waals surface area contributed by atoms with Gasteiger partial charge in [0.1, 0.15) is 0 Å². The second-order valence-electron chi connectivity index (χ2n) is 4.17. The van der Waals surface area contributed by atoms with Crippen LogP contribution in [0.25, 0.3) is 0 Å². The van der Waals surface area contributed by atoms with Gasteiger partial charge in [0.25, 0.3) is 5.91 Å². The average Bonchev–Trinajstić information content (AvgIpc) is 3.01. The van der Waals surface area contributed by atoms with Crippen molar-refractivity contribution in [3.8, 4) is 0 Å². The number of nitrogens with one attached hydrogen (secondary N) is 1. The Kier molecular flexibility index (Phi) is 5.16. The summed E-state index contributed by atoms with van der Waals surface area (Å²) in [5.41, 5.74) is 0.582. The third-order valence-corrected chi connectivity index (χ3v) is 2.50. The summed E-state index contributed by atoms with van der Waals surface area (Å²) in [6.07, 6.45) is 10.9. The van der Waals surface area contributed by atoms with Crippen LogP contribution < -0.4 is 5.32 Å². The lowest BCUT2D eigenvalue weighted by atomic mass is 10.1. The van der Waals surface area contributed by atoms with Crippen LogP contribution in [0.2, 0.25) is 0 Å². The van der Waals surface area contributed by atoms with E-state index in [2.05, 4.69) is 18.8 Å². The summed E-state index contributed by atoms with van der Waals surface area (Å²) in [4.78, 5) is 11.5. The highest BCUT2D eigenvalue weighted by molar-refractivity contribution is 5.95. The second kappa shape index (κ2) is 6.44. The first-order valence-corrected chi connectivity index (χ1v) is 5.90. The highest BCUT2D eigenvalue weighted by Gasteiger charge is 2.23. The van der Waals surface area contributed by atoms with Gasteiger partial charge in [-0.1, -0.05) is 38.5 Å². The predicted octanol–water partition coefficient (Wildman–Crippen LogP) is 2.96. The van der Waals surface area contributed by atoms with E-state index in [1.165, 1.54) is 19.3 Å². The summed E-state index contributed by atoms with van der Waals surface area (Å²) in [5.74, 6) is -0.00996. The molecule has 0 aromatic carbocycles. The Morgan fingerprint density at radius 2 is 2.20 bits per heavy atom. The molecule has 0 bridgehead atoms. The van der Waals surface area contributed by atoms with E-state index in [1.807, 2.05) is 12.2 Å². The van der Waals surface area contributed by atoms with Gasteiger partial charge >= 0.3 is 0 Å². The quantitative estimate of drug-likeness (QED) is 0.388. The first kappa shape index (κ1) is 12.0. The number of rotatable bonds is 7. The summed E-state index contributed by atoms with van der Waals surface area (Å²) >= 11 is 0. The Labute approximate surface area is 92.4 Å². The predicted molar refractivity (Wildman–Crippen MR) is 63.6 cm³/mol. The normalized spacial score (nSPS) is 15.5. The molecule has 0 atom stereocenters. The standard InChI is InChI=1S/C13H21NO/c1-3-4-5-6-7-8-11(2)13(15)14-12-9-10-12/h7-8,12H,2-6,9-10H2,1H3,(H,14,15). The maximum absolute atomic E-state index is 11.5. The molecule has 2 nitrogen and oxygen atoms in total. The maximum Gasteiger partial charge on any atom is 0.250 e. The highest BCUT2D eigenvalue weighted by Crippen LogP contribution is 2.19. The van der Waals surface area contributed by atoms with Crippen molar-refractivity contribution in [2.24, 2.45) is 0 Å². The van der Waals surface area contributed by atoms with Crippen molar-refractivity contribution in [2.45, 2.75) is 51.5 Å². The summed E-state index contributed by atoms with van der Waals surface area (Å²) in [6.45, 7) is 5.94. The van der Waals surface area contributed by atoms with E-state index < -0.39 is 0 Å². The second-order valence-corrected chi connectivity index (χ2v) is 4.17. The molecule has 0 saturated heterocycles. The number of amides is 1. The Hall–Kier alpha value is -1.05. The van der Waals surface area contributed by atoms with Gasteiger partial charge < -0.3 is 5.32 Å². The first-order valence-electron chi connectivity index (χ1n) is 5.90. The van der Waals surface area contributed by atoms with Crippen molar-refractivity contribution in [2.75, 3.05) is 0 Å². The molecule has 0 radical (unpaired) electrons. The smallest absolute Gasteiger partial charge is 0.250 e. The van der Waals surface area contributed by atoms with Gasteiger partial charge in [-0.3, -0.25) is 4.79 Å². The molecule has 15 heavy (non-hydrogen) atoms. The molecular formula is C13H21NO. The van der Waals surface area contributed by atoms with E-state index in [1.54, 1.807) is 0 Å². The van der Waals surface area contributed by atoms with Crippen molar-refractivity contribution in [3.63, 3.8) is 0 Å². The van der Waals surface area contributed by atoms with Crippen molar-refractivity contribution in [1.29, 1.82) is 0 Å². The zero-order valence-corrected chi connectivity index (χ0v) is 9.59. The van der Waals surface area contributed by atoms with Gasteiger partial charge in [0, 0.05) is 11.6 Å². The van der Waals surface area contributed by atoms with Gasteiger partial charge in [0.15, 0.2) is 0 Å². The Balaban J connectivity index is 2.12. The molecule has 1 amide bonds. The van der Waals surface area contributed by atoms with Gasteiger partial charge in [-0.05, 0) is 25.7 Å². The average molecular weight is 207 g/mol. The number of hydrogen-bond donors (Lipinski definition) is 1. The van der Waals surface area contributed by atoms with Crippen LogP contribution in [0.5, 0.6) is 0 Å². The van der Waals surface area contributed by atoms with E-state index >= 15 is 0 Å². The number of carbonyl (C=O) groups excluding carboxylic acids is 1. The Bertz CT molecular complexity index is 251. The zero-order valence-electron chi connectivity index (χ0n) is 9.59. The maximum atomic E-state index is 11.5. The lowest BCUT2D eigenvalue weighted by Crippen LogP contribution is -2.25. The molecule has 84 valence electrons. The van der Waals surface area contributed by atoms with Gasteiger partial charge in [0.2, 0.25) is 0 Å². The molecule has 0 aliphatic heterocycles. The molecule has 1 rings (SSSR count). The van der Waals surface area contributed by atoms with Crippen LogP contribution in [0.4, 0.5) is 0 Å². The van der Waals surface area contributed by atoms with Crippen molar-refractivity contribution >= 4 is 5.91 Å². The molecule has 1 aliphatic carbocycles. The van der Waals surface area contributed by atoms with Crippen LogP contribution in [0.3, 0.4) is 0 Å². The van der Waals surface area contributed by atoms with Crippen molar-refractivity contribution in [1.82, 2.24) is 5.32 Å². The van der Waals surface area contributed by atoms with Crippen molar-refractivity contribution in [3.05, 3.63) is 24.3 Å². The van der Waals surface area contributed by atoms with Gasteiger partial charge in [-0.15, -0.1) is 0 Å². The molecule has 1 aliphatic rings. The van der Waals surface area contributed by atoms with E-state index in [0.29, 0.717) is 11.6 Å². The molecule has 0 heterocycles. The van der Waals surface area contributed by atoms with Crippen LogP contribution in [-0.4, -0.2) is 11.9 Å². The minimum atomic E-state index is -0.00996. The fourth-order valence-electron chi connectivity index (χ4n) is 1.32. The summed E-state index contributed by atoms with van der Waals surface area (Å²) < 4.78 is 0. The molecule has 0 unspecified atom stereocenters. The minimum absolute atomic E-state index is 0.00996. The number of carbonyl (C=O) groups is 1. The monoisotopic (exact) mass is 207 g/mol. The van der Waals surface area contributed by atoms with Crippen LogP contribution in [0, 0.1) is 0 Å². The topological polar surface area (TPSA) is 29.1 Å². The largest absolute Gasteiger partial charge is 0.349 e. The zero-order chi connectivity index (χ0) is 11.1. The number of unbranched alkanes of at least 4 members (excludes halogenated alkanes) is 3. The molecule has 2 heteroatoms. The van der Waals surface area contributed by atoms with Crippen LogP contribution in [-0.2, 0) is 4.79 Å². The summed E-state index contributed by atoms with van der Waals surface area (Å²) in [5, 5.41) is 2.92. The lowest BCUT2D eigenvalue weighted by molar-refractivity contribution is -0.117. The van der Waals surface area contributed by atoms with Gasteiger partial charge in [-0.25, -0.2) is 0 Å². The van der Waals surface area contributed by atoms with Crippen molar-refractivity contribution < 1.29 is 4.79 Å². The fourth-order valence-corrected chi connectivity index (χ4v) is 1.32. The molecule has 1 fully saturated rings. The van der Waals surface area contributed by atoms with Crippen LogP contribution >= 0.6 is 0 Å². The van der Waals surface area contributed by atoms with Gasteiger partial charge in [0.05, 0.1) is 0 Å². The minimum Gasteiger partial charge on any atom is -0.349 e. The van der Waals surface area contributed by atoms with E-state index in [-0.39, 0.29) is 5.91 Å². The third kappa shape index (κ3) is 5.40. The van der Waals surface area contributed by atoms with E-state index in [9.17, 15) is 4.79 Å². The van der Waals surface area contributed by atoms with Crippen LogP contribution in [0.15, 0.2) is 24.3 Å². The van der Waals surface area contributed by atoms with Crippen LogP contribution in [0.1, 0.15) is 45.4 Å². The Morgan fingerprint density at radius 1 is 1.47 bits per heavy atom. The number of hydrogen-bond acceptors (Lipinski definition) is 1. The molecule has 0 aromatic rings. The van der Waals surface area contributed by atoms with Gasteiger partial charge in [-0.2, -0.15) is 0 Å². The fraction of sp³-hybridized carbons (Fsp3) is 0.615. The lowest BCUT2D eigenvalue weighted by Gasteiger charge is -2.01. The molecule has 0 spiro atoms. The molecular weight excluding hydrogens is 186 g/mol. The van der Waals surface area contributed by atoms with E-state index in [4.69, 9.17) is 0 Å². The summed E-state index contributed by atoms with van der Waals surface area (Å²) in [7, 11) is 0. The third-order valence-electron chi connectivity index (χ3n) is 2.50. The van der Waals surface area contributed by atoms with E-state index in [0.717, 1.165) is 19.3 Å². The SMILES string of the molecule is C=C(C=CCCCCC)C(=O)NC1CC1. The summed E-state index contributed by atoms with van der Waals surface area (Å²) in [6, 6.07) is 0.419. The first-order chi connectivity index (χ1) is 7.24. The highest BCUT2D eigenvalue weighted by atomic mass is 16.1. The Morgan fingerprint density at radius 3 is 2.80 bits per heavy atom. The number of allylic oxidation sites excluding steroid dienone is 1. The molecule has 1 saturated carbocycles. The molecule has 0 aromatic heterocycles.